The van der Waals surface area contributed by atoms with Crippen molar-refractivity contribution in [3.8, 4) is 0 Å². The summed E-state index contributed by atoms with van der Waals surface area (Å²) >= 11 is 0. The van der Waals surface area contributed by atoms with Gasteiger partial charge in [-0.25, -0.2) is 4.79 Å². The Morgan fingerprint density at radius 2 is 1.86 bits per heavy atom. The van der Waals surface area contributed by atoms with Crippen molar-refractivity contribution in [2.45, 2.75) is 65.2 Å². The van der Waals surface area contributed by atoms with Crippen molar-refractivity contribution in [1.29, 1.82) is 0 Å². The van der Waals surface area contributed by atoms with Gasteiger partial charge in [-0.2, -0.15) is 0 Å². The number of carbonyl (C=O) groups excluding carboxylic acids is 3. The number of hydrogen-bond acceptors (Lipinski definition) is 5. The predicted molar refractivity (Wildman–Crippen MR) is 108 cm³/mol. The Bertz CT molecular complexity index is 808. The minimum atomic E-state index is -0.867. The topological polar surface area (TPSA) is 80.7 Å². The Morgan fingerprint density at radius 3 is 2.59 bits per heavy atom. The average molecular weight is 401 g/mol. The number of esters is 1. The molecular weight excluding hydrogens is 368 g/mol. The molecule has 5 heteroatoms. The summed E-state index contributed by atoms with van der Waals surface area (Å²) in [7, 11) is 1.19. The Hall–Kier alpha value is -1.91. The lowest BCUT2D eigenvalue weighted by atomic mass is 9.46. The van der Waals surface area contributed by atoms with Crippen LogP contribution in [-0.2, 0) is 19.1 Å². The summed E-state index contributed by atoms with van der Waals surface area (Å²) in [6.07, 6.45) is 10.6. The summed E-state index contributed by atoms with van der Waals surface area (Å²) in [5.74, 6) is 0.153. The van der Waals surface area contributed by atoms with Crippen molar-refractivity contribution in [3.63, 3.8) is 0 Å². The van der Waals surface area contributed by atoms with Crippen LogP contribution in [0.5, 0.6) is 0 Å². The van der Waals surface area contributed by atoms with Gasteiger partial charge in [0, 0.05) is 18.4 Å². The molecule has 0 heterocycles. The van der Waals surface area contributed by atoms with Gasteiger partial charge in [-0.1, -0.05) is 19.4 Å². The molecule has 0 spiro atoms. The predicted octanol–water partition coefficient (Wildman–Crippen LogP) is 4.32. The second-order valence-corrected chi connectivity index (χ2v) is 10.1. The lowest BCUT2D eigenvalue weighted by molar-refractivity contribution is -0.139. The number of rotatable bonds is 3. The first-order valence-electron chi connectivity index (χ1n) is 11.0. The van der Waals surface area contributed by atoms with Crippen molar-refractivity contribution in [3.05, 3.63) is 23.5 Å². The normalized spacial score (nSPS) is 41.7. The monoisotopic (exact) mass is 400 g/mol. The number of carbonyl (C=O) groups is 3. The third kappa shape index (κ3) is 3.08. The quantitative estimate of drug-likeness (QED) is 0.433. The number of methoxy groups -OCH3 is 1. The molecule has 0 amide bonds. The number of fused-ring (bicyclic) bond motifs is 5. The third-order valence-electron chi connectivity index (χ3n) is 8.98. The van der Waals surface area contributed by atoms with Crippen LogP contribution in [0.3, 0.4) is 0 Å². The van der Waals surface area contributed by atoms with E-state index in [2.05, 4.69) is 18.6 Å². The Morgan fingerprint density at radius 1 is 1.10 bits per heavy atom. The highest BCUT2D eigenvalue weighted by Crippen LogP contribution is 2.66. The standard InChI is InChI=1S/C24H32O5/c1-23-10-8-15(25)12-14(23)4-5-16-17-6-7-19(24(17,2)11-9-18(16)23)20(26)13-21(27)22(28)29-3/h12-13,16-19,27H,4-11H2,1-3H3/b21-13-/t16-,17-,18-,19+,23-,24-/m0/s1. The smallest absolute Gasteiger partial charge is 0.373 e. The highest BCUT2D eigenvalue weighted by molar-refractivity contribution is 5.99. The molecule has 0 saturated heterocycles. The van der Waals surface area contributed by atoms with Crippen LogP contribution < -0.4 is 0 Å². The fraction of sp³-hybridized carbons (Fsp3) is 0.708. The molecule has 0 aliphatic heterocycles. The van der Waals surface area contributed by atoms with Crippen molar-refractivity contribution in [2.24, 2.45) is 34.5 Å². The van der Waals surface area contributed by atoms with Crippen LogP contribution in [0.4, 0.5) is 0 Å². The molecule has 0 aromatic heterocycles. The molecule has 4 aliphatic rings. The summed E-state index contributed by atoms with van der Waals surface area (Å²) in [4.78, 5) is 36.4. The van der Waals surface area contributed by atoms with E-state index in [0.717, 1.165) is 51.0 Å². The fourth-order valence-electron chi connectivity index (χ4n) is 7.43. The van der Waals surface area contributed by atoms with E-state index in [-0.39, 0.29) is 28.3 Å². The van der Waals surface area contributed by atoms with E-state index in [9.17, 15) is 19.5 Å². The van der Waals surface area contributed by atoms with Crippen LogP contribution in [0.15, 0.2) is 23.5 Å². The molecule has 0 unspecified atom stereocenters. The van der Waals surface area contributed by atoms with Crippen LogP contribution >= 0.6 is 0 Å². The number of allylic oxidation sites excluding steroid dienone is 2. The summed E-state index contributed by atoms with van der Waals surface area (Å²) in [5.41, 5.74) is 1.39. The van der Waals surface area contributed by atoms with Gasteiger partial charge in [-0.05, 0) is 79.6 Å². The zero-order chi connectivity index (χ0) is 21.0. The van der Waals surface area contributed by atoms with Crippen LogP contribution in [0.2, 0.25) is 0 Å². The molecule has 4 rings (SSSR count). The maximum atomic E-state index is 12.9. The first-order chi connectivity index (χ1) is 13.7. The number of aliphatic hydroxyl groups is 1. The summed E-state index contributed by atoms with van der Waals surface area (Å²) in [6.45, 7) is 4.60. The van der Waals surface area contributed by atoms with Crippen molar-refractivity contribution >= 4 is 17.5 Å². The van der Waals surface area contributed by atoms with Gasteiger partial charge in [0.25, 0.3) is 0 Å². The number of aliphatic hydroxyl groups excluding tert-OH is 1. The van der Waals surface area contributed by atoms with Crippen LogP contribution in [0.1, 0.15) is 65.2 Å². The second kappa shape index (κ2) is 7.10. The largest absolute Gasteiger partial charge is 0.502 e. The van der Waals surface area contributed by atoms with Gasteiger partial charge in [0.2, 0.25) is 5.76 Å². The lowest BCUT2D eigenvalue weighted by Gasteiger charge is -2.58. The molecule has 0 aromatic carbocycles. The maximum Gasteiger partial charge on any atom is 0.373 e. The second-order valence-electron chi connectivity index (χ2n) is 10.1. The minimum Gasteiger partial charge on any atom is -0.502 e. The molecule has 0 bridgehead atoms. The minimum absolute atomic E-state index is 0.0901. The average Bonchev–Trinajstić information content (AvgIpc) is 3.05. The molecule has 4 aliphatic carbocycles. The third-order valence-corrected chi connectivity index (χ3v) is 8.98. The van der Waals surface area contributed by atoms with E-state index in [4.69, 9.17) is 0 Å². The fourth-order valence-corrected chi connectivity index (χ4v) is 7.43. The highest BCUT2D eigenvalue weighted by Gasteiger charge is 2.59. The maximum absolute atomic E-state index is 12.9. The Labute approximate surface area is 172 Å². The van der Waals surface area contributed by atoms with Gasteiger partial charge in [0.15, 0.2) is 11.6 Å². The molecule has 0 radical (unpaired) electrons. The van der Waals surface area contributed by atoms with Gasteiger partial charge in [0.05, 0.1) is 7.11 Å². The number of ketones is 2. The van der Waals surface area contributed by atoms with Gasteiger partial charge in [-0.15, -0.1) is 0 Å². The number of ether oxygens (including phenoxy) is 1. The Balaban J connectivity index is 1.58. The molecule has 158 valence electrons. The van der Waals surface area contributed by atoms with E-state index in [1.807, 2.05) is 6.08 Å². The Kier molecular flexibility index (Phi) is 4.99. The van der Waals surface area contributed by atoms with E-state index in [1.54, 1.807) is 0 Å². The first-order valence-corrected chi connectivity index (χ1v) is 11.0. The SMILES string of the molecule is COC(=O)/C(O)=C/C(=O)[C@H]1CC[C@H]2[C@@H]3CCC4=CC(=O)CC[C@]4(C)[C@H]3CC[C@]12C. The van der Waals surface area contributed by atoms with E-state index in [0.29, 0.717) is 24.2 Å². The van der Waals surface area contributed by atoms with Crippen LogP contribution in [0, 0.1) is 34.5 Å². The van der Waals surface area contributed by atoms with Gasteiger partial charge in [0.1, 0.15) is 0 Å². The lowest BCUT2D eigenvalue weighted by Crippen LogP contribution is -2.51. The zero-order valence-corrected chi connectivity index (χ0v) is 17.7. The van der Waals surface area contributed by atoms with Crippen molar-refractivity contribution < 1.29 is 24.2 Å². The molecule has 0 aromatic rings. The van der Waals surface area contributed by atoms with Crippen molar-refractivity contribution in [2.75, 3.05) is 7.11 Å². The molecule has 5 nitrogen and oxygen atoms in total. The van der Waals surface area contributed by atoms with Crippen LogP contribution in [-0.4, -0.2) is 29.8 Å². The molecule has 1 N–H and O–H groups in total. The first kappa shape index (κ1) is 20.4. The molecule has 6 atom stereocenters. The van der Waals surface area contributed by atoms with Gasteiger partial charge in [-0.3, -0.25) is 9.59 Å². The van der Waals surface area contributed by atoms with Gasteiger partial charge < -0.3 is 9.84 Å². The highest BCUT2D eigenvalue weighted by atomic mass is 16.5. The van der Waals surface area contributed by atoms with E-state index < -0.39 is 11.7 Å². The van der Waals surface area contributed by atoms with E-state index in [1.165, 1.54) is 12.7 Å². The number of hydrogen-bond donors (Lipinski definition) is 1. The van der Waals surface area contributed by atoms with Crippen molar-refractivity contribution in [1.82, 2.24) is 0 Å². The van der Waals surface area contributed by atoms with E-state index >= 15 is 0 Å². The summed E-state index contributed by atoms with van der Waals surface area (Å²) < 4.78 is 4.51. The molecule has 3 fully saturated rings. The van der Waals surface area contributed by atoms with Crippen LogP contribution in [0.25, 0.3) is 0 Å². The summed E-state index contributed by atoms with van der Waals surface area (Å²) in [5, 5.41) is 9.83. The molecular formula is C24H32O5. The van der Waals surface area contributed by atoms with Gasteiger partial charge >= 0.3 is 5.97 Å². The zero-order valence-electron chi connectivity index (χ0n) is 17.7. The molecule has 29 heavy (non-hydrogen) atoms. The molecule has 3 saturated carbocycles. The summed E-state index contributed by atoms with van der Waals surface area (Å²) in [6, 6.07) is 0.